The van der Waals surface area contributed by atoms with Gasteiger partial charge < -0.3 is 20.1 Å². The minimum atomic E-state index is -1.02. The van der Waals surface area contributed by atoms with Gasteiger partial charge in [0.1, 0.15) is 11.9 Å². The molecule has 3 aliphatic rings. The van der Waals surface area contributed by atoms with Gasteiger partial charge in [0, 0.05) is 72.3 Å². The van der Waals surface area contributed by atoms with Crippen LogP contribution in [0, 0.1) is 5.82 Å². The number of aromatic nitrogens is 1. The van der Waals surface area contributed by atoms with Crippen molar-refractivity contribution < 1.29 is 28.6 Å². The highest BCUT2D eigenvalue weighted by Gasteiger charge is 2.42. The van der Waals surface area contributed by atoms with Gasteiger partial charge in [0.15, 0.2) is 10.8 Å². The van der Waals surface area contributed by atoms with E-state index in [0.717, 1.165) is 17.3 Å². The predicted octanol–water partition coefficient (Wildman–Crippen LogP) is 4.57. The summed E-state index contributed by atoms with van der Waals surface area (Å²) >= 11 is 7.86. The second-order valence-electron chi connectivity index (χ2n) is 11.1. The van der Waals surface area contributed by atoms with Crippen molar-refractivity contribution in [2.45, 2.75) is 19.0 Å². The van der Waals surface area contributed by atoms with Crippen molar-refractivity contribution in [2.24, 2.45) is 4.99 Å². The molecule has 0 aliphatic carbocycles. The number of ether oxygens (including phenoxy) is 1. The normalized spacial score (nSPS) is 20.4. The topological polar surface area (TPSA) is 128 Å². The Kier molecular flexibility index (Phi) is 8.89. The van der Waals surface area contributed by atoms with Crippen molar-refractivity contribution in [1.82, 2.24) is 20.1 Å². The van der Waals surface area contributed by atoms with Crippen molar-refractivity contribution in [3.8, 4) is 0 Å². The number of carboxylic acid groups (broad SMARTS) is 1. The number of anilines is 1. The third-order valence-corrected chi connectivity index (χ3v) is 9.32. The summed E-state index contributed by atoms with van der Waals surface area (Å²) in [5.41, 5.74) is 3.38. The molecule has 0 unspecified atom stereocenters. The van der Waals surface area contributed by atoms with Gasteiger partial charge in [0.05, 0.1) is 18.7 Å². The molecule has 14 heteroatoms. The summed E-state index contributed by atoms with van der Waals surface area (Å²) in [7, 11) is 1.30. The van der Waals surface area contributed by atoms with E-state index in [-0.39, 0.29) is 22.7 Å². The predicted molar refractivity (Wildman–Crippen MR) is 172 cm³/mol. The lowest BCUT2D eigenvalue weighted by molar-refractivity contribution is -0.136. The molecule has 0 spiro atoms. The fourth-order valence-corrected chi connectivity index (χ4v) is 6.85. The number of fused-ring (bicyclic) bond motifs is 1. The van der Waals surface area contributed by atoms with Crippen molar-refractivity contribution in [3.63, 3.8) is 0 Å². The second kappa shape index (κ2) is 13.0. The summed E-state index contributed by atoms with van der Waals surface area (Å²) in [6, 6.07) is 10.2. The minimum absolute atomic E-state index is 0.0929. The van der Waals surface area contributed by atoms with Crippen LogP contribution in [-0.4, -0.2) is 89.6 Å². The summed E-state index contributed by atoms with van der Waals surface area (Å²) in [5.74, 6) is -1.65. The van der Waals surface area contributed by atoms with Crippen molar-refractivity contribution in [3.05, 3.63) is 98.4 Å². The van der Waals surface area contributed by atoms with E-state index in [2.05, 4.69) is 15.2 Å². The van der Waals surface area contributed by atoms with E-state index >= 15 is 0 Å². The highest BCUT2D eigenvalue weighted by Crippen LogP contribution is 2.37. The van der Waals surface area contributed by atoms with Crippen LogP contribution in [0.2, 0.25) is 5.02 Å². The molecule has 2 saturated heterocycles. The number of halogens is 2. The van der Waals surface area contributed by atoms with Gasteiger partial charge in [-0.05, 0) is 42.3 Å². The van der Waals surface area contributed by atoms with Crippen molar-refractivity contribution >= 4 is 58.0 Å². The summed E-state index contributed by atoms with van der Waals surface area (Å²) in [6.07, 6.45) is 2.81. The van der Waals surface area contributed by atoms with Gasteiger partial charge >= 0.3 is 18.0 Å². The third kappa shape index (κ3) is 6.26. The standard InChI is InChI=1S/C32H30ClFN6O5S/c1-18(13-26(41)42)19-3-6-21(7-4-19)40-16-22-15-38(10-11-39(22)32(40)44)17-25-27(31(43)45-2)28(23-8-5-20(34)14-24(23)33)37-29(36-25)30-35-9-12-46-30/h3-9,12-14,22,28H,10-11,15-17H2,1-2H3,(H,36,37)(H,41,42)/b18-13+/t22-,28-/m0/s1. The molecule has 238 valence electrons. The number of aliphatic carboxylic acids is 1. The monoisotopic (exact) mass is 664 g/mol. The molecule has 0 saturated carbocycles. The van der Waals surface area contributed by atoms with Crippen LogP contribution in [0.4, 0.5) is 14.9 Å². The molecule has 0 bridgehead atoms. The number of esters is 1. The number of hydrogen-bond acceptors (Lipinski definition) is 9. The Balaban J connectivity index is 1.25. The van der Waals surface area contributed by atoms with Crippen LogP contribution in [0.25, 0.3) is 5.57 Å². The Bertz CT molecular complexity index is 1780. The zero-order valence-corrected chi connectivity index (χ0v) is 26.5. The van der Waals surface area contributed by atoms with Crippen LogP contribution >= 0.6 is 22.9 Å². The molecule has 11 nitrogen and oxygen atoms in total. The van der Waals surface area contributed by atoms with Gasteiger partial charge in [-0.3, -0.25) is 14.8 Å². The first-order chi connectivity index (χ1) is 22.1. The number of benzene rings is 2. The Morgan fingerprint density at radius 1 is 1.20 bits per heavy atom. The maximum atomic E-state index is 14.0. The molecule has 2 fully saturated rings. The largest absolute Gasteiger partial charge is 0.478 e. The number of rotatable bonds is 8. The number of urea groups is 1. The summed E-state index contributed by atoms with van der Waals surface area (Å²) in [5, 5.41) is 14.9. The van der Waals surface area contributed by atoms with Crippen LogP contribution in [0.5, 0.6) is 0 Å². The molecule has 1 aromatic heterocycles. The van der Waals surface area contributed by atoms with Gasteiger partial charge in [-0.15, -0.1) is 11.3 Å². The third-order valence-electron chi connectivity index (χ3n) is 8.22. The minimum Gasteiger partial charge on any atom is -0.478 e. The number of hydrogen-bond donors (Lipinski definition) is 2. The molecule has 2 aromatic carbocycles. The number of carbonyl (C=O) groups excluding carboxylic acids is 2. The van der Waals surface area contributed by atoms with E-state index in [4.69, 9.17) is 26.4 Å². The number of methoxy groups -OCH3 is 1. The van der Waals surface area contributed by atoms with Gasteiger partial charge in [-0.2, -0.15) is 0 Å². The summed E-state index contributed by atoms with van der Waals surface area (Å²) in [6.45, 7) is 4.11. The van der Waals surface area contributed by atoms with Gasteiger partial charge in [0.25, 0.3) is 0 Å². The SMILES string of the molecule is COC(=O)C1=C(CN2CCN3C(=O)N(c4ccc(/C(C)=C/C(=O)O)cc4)C[C@@H]3C2)NC(c2nccs2)=N[C@H]1c1ccc(F)cc1Cl. The number of piperazine rings is 1. The Morgan fingerprint density at radius 2 is 1.98 bits per heavy atom. The molecule has 3 aromatic rings. The summed E-state index contributed by atoms with van der Waals surface area (Å²) in [4.78, 5) is 52.7. The lowest BCUT2D eigenvalue weighted by atomic mass is 9.95. The first kappa shape index (κ1) is 31.4. The number of carboxylic acids is 1. The van der Waals surface area contributed by atoms with E-state index in [1.807, 2.05) is 34.5 Å². The van der Waals surface area contributed by atoms with Gasteiger partial charge in [-0.1, -0.05) is 29.8 Å². The maximum absolute atomic E-state index is 14.0. The van der Waals surface area contributed by atoms with E-state index in [9.17, 15) is 18.8 Å². The lowest BCUT2D eigenvalue weighted by Gasteiger charge is -2.38. The average molecular weight is 665 g/mol. The highest BCUT2D eigenvalue weighted by atomic mass is 35.5. The molecule has 2 atom stereocenters. The van der Waals surface area contributed by atoms with Crippen LogP contribution in [-0.2, 0) is 14.3 Å². The Morgan fingerprint density at radius 3 is 2.65 bits per heavy atom. The van der Waals surface area contributed by atoms with Crippen LogP contribution in [0.15, 0.2) is 76.4 Å². The smallest absolute Gasteiger partial charge is 0.338 e. The van der Waals surface area contributed by atoms with Gasteiger partial charge in [-0.25, -0.2) is 23.8 Å². The number of amidine groups is 1. The number of allylic oxidation sites excluding steroid dienone is 1. The lowest BCUT2D eigenvalue weighted by Crippen LogP contribution is -2.53. The molecule has 46 heavy (non-hydrogen) atoms. The number of aliphatic imine (C=N–C) groups is 1. The van der Waals surface area contributed by atoms with E-state index in [1.54, 1.807) is 18.0 Å². The first-order valence-corrected chi connectivity index (χ1v) is 15.7. The molecule has 4 heterocycles. The first-order valence-electron chi connectivity index (χ1n) is 14.5. The van der Waals surface area contributed by atoms with Crippen LogP contribution in [0.1, 0.15) is 29.1 Å². The van der Waals surface area contributed by atoms with E-state index in [0.29, 0.717) is 60.4 Å². The molecular weight excluding hydrogens is 635 g/mol. The fraction of sp³-hybridized carbons (Fsp3) is 0.281. The molecule has 3 aliphatic heterocycles. The number of carbonyl (C=O) groups is 3. The molecular formula is C32H30ClFN6O5S. The quantitative estimate of drug-likeness (QED) is 0.265. The molecule has 6 rings (SSSR count). The Hall–Kier alpha value is -4.59. The maximum Gasteiger partial charge on any atom is 0.338 e. The van der Waals surface area contributed by atoms with Crippen LogP contribution in [0.3, 0.4) is 0 Å². The number of thiazole rings is 1. The summed E-state index contributed by atoms with van der Waals surface area (Å²) < 4.78 is 19.2. The van der Waals surface area contributed by atoms with Gasteiger partial charge in [0.2, 0.25) is 0 Å². The number of amides is 2. The number of nitrogens with zero attached hydrogens (tertiary/aromatic N) is 5. The van der Waals surface area contributed by atoms with E-state index in [1.165, 1.54) is 36.6 Å². The Labute approximate surface area is 273 Å². The second-order valence-corrected chi connectivity index (χ2v) is 12.4. The molecule has 0 radical (unpaired) electrons. The zero-order valence-electron chi connectivity index (χ0n) is 24.9. The molecule has 2 amide bonds. The molecule has 2 N–H and O–H groups in total. The number of nitrogens with one attached hydrogen (secondary N) is 1. The fourth-order valence-electron chi connectivity index (χ4n) is 6.00. The average Bonchev–Trinajstić information content (AvgIpc) is 3.69. The van der Waals surface area contributed by atoms with E-state index < -0.39 is 23.8 Å². The highest BCUT2D eigenvalue weighted by molar-refractivity contribution is 7.11. The van der Waals surface area contributed by atoms with Crippen molar-refractivity contribution in [2.75, 3.05) is 44.7 Å². The zero-order chi connectivity index (χ0) is 32.5. The van der Waals surface area contributed by atoms with Crippen molar-refractivity contribution in [1.29, 1.82) is 0 Å². The van der Waals surface area contributed by atoms with Crippen LogP contribution < -0.4 is 10.2 Å².